The zero-order chi connectivity index (χ0) is 16.7. The van der Waals surface area contributed by atoms with Gasteiger partial charge in [0.25, 0.3) is 5.91 Å². The first-order valence-electron chi connectivity index (χ1n) is 7.13. The van der Waals surface area contributed by atoms with E-state index in [2.05, 4.69) is 0 Å². The number of aryl methyl sites for hydroxylation is 1. The maximum Gasteiger partial charge on any atom is 0.289 e. The number of nitrogens with zero attached hydrogens (tertiary/aromatic N) is 2. The van der Waals surface area contributed by atoms with Crippen LogP contribution in [-0.4, -0.2) is 57.3 Å². The van der Waals surface area contributed by atoms with Crippen LogP contribution in [0.2, 0.25) is 0 Å². The summed E-state index contributed by atoms with van der Waals surface area (Å²) < 4.78 is 30.9. The molecule has 0 radical (unpaired) electrons. The van der Waals surface area contributed by atoms with Gasteiger partial charge in [-0.15, -0.1) is 12.4 Å². The molecular formula is C14H24ClN3O4S. The number of halogens is 1. The number of amides is 1. The fourth-order valence-electron chi connectivity index (χ4n) is 2.54. The van der Waals surface area contributed by atoms with Gasteiger partial charge in [-0.05, 0) is 25.3 Å². The number of carbonyl (C=O) groups is 1. The molecule has 1 fully saturated rings. The fraction of sp³-hybridized carbons (Fsp3) is 0.643. The molecule has 2 heterocycles. The van der Waals surface area contributed by atoms with Crippen molar-refractivity contribution in [3.05, 3.63) is 17.6 Å². The van der Waals surface area contributed by atoms with E-state index in [1.165, 1.54) is 20.2 Å². The molecule has 1 aromatic heterocycles. The maximum atomic E-state index is 12.5. The zero-order valence-corrected chi connectivity index (χ0v) is 15.5. The van der Waals surface area contributed by atoms with Gasteiger partial charge < -0.3 is 15.1 Å². The minimum absolute atomic E-state index is 0. The Morgan fingerprint density at radius 2 is 2.09 bits per heavy atom. The minimum Gasteiger partial charge on any atom is -0.455 e. The smallest absolute Gasteiger partial charge is 0.289 e. The Bertz CT molecular complexity index is 686. The Morgan fingerprint density at radius 3 is 2.57 bits per heavy atom. The number of furan rings is 1. The molecule has 23 heavy (non-hydrogen) atoms. The lowest BCUT2D eigenvalue weighted by molar-refractivity contribution is 0.0744. The molecule has 2 rings (SSSR count). The highest BCUT2D eigenvalue weighted by Gasteiger charge is 2.37. The average Bonchev–Trinajstić information content (AvgIpc) is 3.02. The van der Waals surface area contributed by atoms with Crippen molar-refractivity contribution in [1.82, 2.24) is 9.21 Å². The predicted molar refractivity (Wildman–Crippen MR) is 89.2 cm³/mol. The Balaban J connectivity index is 0.00000264. The number of hydrogen-bond donors (Lipinski definition) is 1. The first-order chi connectivity index (χ1) is 10.1. The predicted octanol–water partition coefficient (Wildman–Crippen LogP) is 1.07. The number of hydrogen-bond acceptors (Lipinski definition) is 5. The van der Waals surface area contributed by atoms with Gasteiger partial charge >= 0.3 is 0 Å². The molecule has 2 N–H and O–H groups in total. The van der Waals surface area contributed by atoms with Crippen LogP contribution < -0.4 is 5.73 Å². The van der Waals surface area contributed by atoms with E-state index in [1.54, 1.807) is 11.8 Å². The van der Waals surface area contributed by atoms with E-state index in [1.807, 2.05) is 6.92 Å². The standard InChI is InChI=1S/C14H23N3O4S.ClH/c1-10-12(22(19,20)16(3)4)7-11(21-10)13(18)17-6-5-14(2,8-15)9-17;/h7H,5-6,8-9,15H2,1-4H3;1H. The number of rotatable bonds is 4. The highest BCUT2D eigenvalue weighted by atomic mass is 35.5. The molecule has 1 aliphatic rings. The zero-order valence-electron chi connectivity index (χ0n) is 13.8. The van der Waals surface area contributed by atoms with Gasteiger partial charge in [0.15, 0.2) is 5.76 Å². The van der Waals surface area contributed by atoms with Crippen molar-refractivity contribution in [1.29, 1.82) is 0 Å². The van der Waals surface area contributed by atoms with Crippen LogP contribution >= 0.6 is 12.4 Å². The van der Waals surface area contributed by atoms with Crippen LogP contribution in [0.15, 0.2) is 15.4 Å². The molecule has 1 aliphatic heterocycles. The molecule has 7 nitrogen and oxygen atoms in total. The summed E-state index contributed by atoms with van der Waals surface area (Å²) in [5.41, 5.74) is 5.65. The van der Waals surface area contributed by atoms with Gasteiger partial charge in [-0.3, -0.25) is 4.79 Å². The third kappa shape index (κ3) is 3.71. The van der Waals surface area contributed by atoms with Crippen LogP contribution in [0.4, 0.5) is 0 Å². The van der Waals surface area contributed by atoms with Crippen LogP contribution in [-0.2, 0) is 10.0 Å². The van der Waals surface area contributed by atoms with Crippen molar-refractivity contribution in [3.63, 3.8) is 0 Å². The van der Waals surface area contributed by atoms with Crippen LogP contribution in [0.3, 0.4) is 0 Å². The van der Waals surface area contributed by atoms with Crippen LogP contribution in [0.25, 0.3) is 0 Å². The van der Waals surface area contributed by atoms with Crippen molar-refractivity contribution in [3.8, 4) is 0 Å². The average molecular weight is 366 g/mol. The lowest BCUT2D eigenvalue weighted by Crippen LogP contribution is -2.34. The molecule has 1 aromatic rings. The van der Waals surface area contributed by atoms with Gasteiger partial charge in [0.2, 0.25) is 10.0 Å². The van der Waals surface area contributed by atoms with E-state index in [0.717, 1.165) is 10.7 Å². The third-order valence-corrected chi connectivity index (χ3v) is 6.10. The lowest BCUT2D eigenvalue weighted by atomic mass is 9.90. The minimum atomic E-state index is -3.62. The summed E-state index contributed by atoms with van der Waals surface area (Å²) in [5, 5.41) is 0. The quantitative estimate of drug-likeness (QED) is 0.860. The first kappa shape index (κ1) is 20.0. The molecule has 132 valence electrons. The van der Waals surface area contributed by atoms with Gasteiger partial charge in [-0.25, -0.2) is 12.7 Å². The van der Waals surface area contributed by atoms with Crippen molar-refractivity contribution < 1.29 is 17.6 Å². The normalized spacial score (nSPS) is 21.6. The summed E-state index contributed by atoms with van der Waals surface area (Å²) in [5.74, 6) is -0.0162. The highest BCUT2D eigenvalue weighted by molar-refractivity contribution is 7.89. The number of nitrogens with two attached hydrogens (primary N) is 1. The first-order valence-corrected chi connectivity index (χ1v) is 8.57. The largest absolute Gasteiger partial charge is 0.455 e. The second-order valence-corrected chi connectivity index (χ2v) is 8.43. The molecule has 0 bridgehead atoms. The Morgan fingerprint density at radius 1 is 1.48 bits per heavy atom. The topological polar surface area (TPSA) is 96.8 Å². The monoisotopic (exact) mass is 365 g/mol. The molecule has 1 saturated heterocycles. The summed E-state index contributed by atoms with van der Waals surface area (Å²) in [6, 6.07) is 1.31. The summed E-state index contributed by atoms with van der Waals surface area (Å²) in [6.45, 7) is 5.24. The summed E-state index contributed by atoms with van der Waals surface area (Å²) in [6.07, 6.45) is 0.831. The highest BCUT2D eigenvalue weighted by Crippen LogP contribution is 2.30. The maximum absolute atomic E-state index is 12.5. The van der Waals surface area contributed by atoms with Gasteiger partial charge in [-0.2, -0.15) is 0 Å². The summed E-state index contributed by atoms with van der Waals surface area (Å²) in [7, 11) is -0.741. The SMILES string of the molecule is Cc1oc(C(=O)N2CCC(C)(CN)C2)cc1S(=O)(=O)N(C)C.Cl. The second kappa shape index (κ2) is 6.80. The van der Waals surface area contributed by atoms with E-state index >= 15 is 0 Å². The number of carbonyl (C=O) groups excluding carboxylic acids is 1. The van der Waals surface area contributed by atoms with E-state index in [0.29, 0.717) is 19.6 Å². The van der Waals surface area contributed by atoms with Crippen LogP contribution in [0.5, 0.6) is 0 Å². The van der Waals surface area contributed by atoms with Gasteiger partial charge in [0, 0.05) is 33.3 Å². The van der Waals surface area contributed by atoms with Crippen molar-refractivity contribution in [2.24, 2.45) is 11.1 Å². The van der Waals surface area contributed by atoms with E-state index in [-0.39, 0.29) is 40.1 Å². The molecule has 0 spiro atoms. The molecule has 0 aliphatic carbocycles. The van der Waals surface area contributed by atoms with E-state index in [9.17, 15) is 13.2 Å². The Hall–Kier alpha value is -1.09. The molecule has 1 amide bonds. The third-order valence-electron chi connectivity index (χ3n) is 4.18. The Labute approximate surface area is 143 Å². The molecule has 0 saturated carbocycles. The van der Waals surface area contributed by atoms with Gasteiger partial charge in [0.1, 0.15) is 10.7 Å². The number of sulfonamides is 1. The Kier molecular flexibility index (Phi) is 5.90. The van der Waals surface area contributed by atoms with E-state index in [4.69, 9.17) is 10.2 Å². The summed E-state index contributed by atoms with van der Waals surface area (Å²) >= 11 is 0. The molecule has 1 atom stereocenters. The lowest BCUT2D eigenvalue weighted by Gasteiger charge is -2.21. The second-order valence-electron chi connectivity index (χ2n) is 6.31. The van der Waals surface area contributed by atoms with Crippen molar-refractivity contribution in [2.75, 3.05) is 33.7 Å². The van der Waals surface area contributed by atoms with Crippen molar-refractivity contribution in [2.45, 2.75) is 25.2 Å². The fourth-order valence-corrected chi connectivity index (χ4v) is 3.60. The number of likely N-dealkylation sites (tertiary alicyclic amines) is 1. The molecule has 9 heteroatoms. The van der Waals surface area contributed by atoms with E-state index < -0.39 is 10.0 Å². The van der Waals surface area contributed by atoms with Crippen molar-refractivity contribution >= 4 is 28.3 Å². The van der Waals surface area contributed by atoms with Crippen LogP contribution in [0.1, 0.15) is 29.7 Å². The van der Waals surface area contributed by atoms with Gasteiger partial charge in [-0.1, -0.05) is 6.92 Å². The van der Waals surface area contributed by atoms with Gasteiger partial charge in [0.05, 0.1) is 0 Å². The molecule has 1 unspecified atom stereocenters. The summed E-state index contributed by atoms with van der Waals surface area (Å²) in [4.78, 5) is 14.2. The molecular weight excluding hydrogens is 342 g/mol. The van der Waals surface area contributed by atoms with Crippen LogP contribution in [0, 0.1) is 12.3 Å². The molecule has 0 aromatic carbocycles.